The Hall–Kier alpha value is -4.58. The van der Waals surface area contributed by atoms with Crippen LogP contribution >= 0.6 is 0 Å². The van der Waals surface area contributed by atoms with Gasteiger partial charge in [-0.1, -0.05) is 0 Å². The highest BCUT2D eigenvalue weighted by atomic mass is 19.1. The summed E-state index contributed by atoms with van der Waals surface area (Å²) in [5.41, 5.74) is 8.86. The number of nitriles is 1. The number of ketones is 1. The average Bonchev–Trinajstić information content (AvgIpc) is 3.23. The number of fused-ring (bicyclic) bond motifs is 7. The summed E-state index contributed by atoms with van der Waals surface area (Å²) in [7, 11) is 0. The maximum absolute atomic E-state index is 14.3. The van der Waals surface area contributed by atoms with Crippen molar-refractivity contribution in [1.29, 1.82) is 5.26 Å². The second-order valence-corrected chi connectivity index (χ2v) is 7.83. The highest BCUT2D eigenvalue weighted by molar-refractivity contribution is 6.15. The van der Waals surface area contributed by atoms with Crippen LogP contribution in [-0.4, -0.2) is 25.5 Å². The lowest BCUT2D eigenvalue weighted by molar-refractivity contribution is 0.103. The van der Waals surface area contributed by atoms with E-state index < -0.39 is 17.7 Å². The van der Waals surface area contributed by atoms with Gasteiger partial charge in [0.25, 0.3) is 0 Å². The van der Waals surface area contributed by atoms with Crippen molar-refractivity contribution in [2.75, 3.05) is 5.73 Å². The minimum Gasteiger partial charge on any atom is -0.482 e. The lowest BCUT2D eigenvalue weighted by Gasteiger charge is -2.21. The average molecular weight is 454 g/mol. The third-order valence-corrected chi connectivity index (χ3v) is 5.81. The van der Waals surface area contributed by atoms with Crippen molar-refractivity contribution in [3.05, 3.63) is 77.1 Å². The number of aryl methyl sites for hydroxylation is 1. The van der Waals surface area contributed by atoms with Crippen LogP contribution in [0, 0.1) is 17.1 Å². The second kappa shape index (κ2) is 8.08. The molecule has 8 nitrogen and oxygen atoms in total. The van der Waals surface area contributed by atoms with Crippen LogP contribution in [0.2, 0.25) is 0 Å². The van der Waals surface area contributed by atoms with Gasteiger partial charge < -0.3 is 10.5 Å². The second-order valence-electron chi connectivity index (χ2n) is 7.83. The summed E-state index contributed by atoms with van der Waals surface area (Å²) in [6.45, 7) is 3.97. The van der Waals surface area contributed by atoms with Crippen molar-refractivity contribution in [3.8, 4) is 34.2 Å². The molecule has 1 aliphatic heterocycles. The predicted molar refractivity (Wildman–Crippen MR) is 122 cm³/mol. The van der Waals surface area contributed by atoms with E-state index >= 15 is 0 Å². The predicted octanol–water partition coefficient (Wildman–Crippen LogP) is 4.30. The molecule has 0 spiro atoms. The molecule has 1 atom stereocenters. The minimum atomic E-state index is -0.650. The Morgan fingerprint density at radius 2 is 2.03 bits per heavy atom. The number of rotatable bonds is 1. The molecule has 168 valence electrons. The number of carbonyl (C=O) groups is 1. The number of pyridine rings is 2. The topological polar surface area (TPSA) is 120 Å². The fourth-order valence-corrected chi connectivity index (χ4v) is 4.19. The Morgan fingerprint density at radius 3 is 2.79 bits per heavy atom. The largest absolute Gasteiger partial charge is 0.482 e. The molecule has 1 aliphatic rings. The number of hydrogen-bond donors (Lipinski definition) is 1. The quantitative estimate of drug-likeness (QED) is 0.455. The number of hydrogen-bond acceptors (Lipinski definition) is 7. The van der Waals surface area contributed by atoms with Crippen molar-refractivity contribution in [1.82, 2.24) is 19.7 Å². The van der Waals surface area contributed by atoms with E-state index in [1.807, 2.05) is 6.92 Å². The molecule has 0 saturated heterocycles. The van der Waals surface area contributed by atoms with Gasteiger partial charge in [0.15, 0.2) is 11.6 Å². The molecule has 0 radical (unpaired) electrons. The normalized spacial score (nSPS) is 14.5. The molecule has 34 heavy (non-hydrogen) atoms. The molecule has 4 heterocycles. The Balaban J connectivity index is 1.90. The molecule has 0 fully saturated rings. The van der Waals surface area contributed by atoms with Crippen molar-refractivity contribution in [2.45, 2.75) is 26.5 Å². The standard InChI is InChI=1S/C25H19FN6O2/c1-3-32-19(11-27)21-14-9-20(25(28)30-12-14)34-13(2)18-10-15(26)6-7-16(18)22-17(5-4-8-29-22)24(33)23(21)31-32/h4-10,12-13H,3H2,1-2H3,(H2,28,30)/t13-/m1/s1. The Bertz CT molecular complexity index is 1500. The first kappa shape index (κ1) is 21.3. The van der Waals surface area contributed by atoms with Crippen molar-refractivity contribution < 1.29 is 13.9 Å². The molecule has 0 saturated carbocycles. The zero-order valence-electron chi connectivity index (χ0n) is 18.4. The molecule has 9 heteroatoms. The van der Waals surface area contributed by atoms with E-state index in [0.717, 1.165) is 0 Å². The molecule has 3 aromatic heterocycles. The van der Waals surface area contributed by atoms with Gasteiger partial charge in [0, 0.05) is 35.6 Å². The van der Waals surface area contributed by atoms with Crippen LogP contribution in [0.4, 0.5) is 10.2 Å². The maximum atomic E-state index is 14.3. The van der Waals surface area contributed by atoms with E-state index in [0.29, 0.717) is 34.5 Å². The lowest BCUT2D eigenvalue weighted by atomic mass is 9.92. The van der Waals surface area contributed by atoms with Gasteiger partial charge in [-0.05, 0) is 50.2 Å². The molecule has 1 aromatic carbocycles. The van der Waals surface area contributed by atoms with Crippen LogP contribution in [0.1, 0.15) is 47.3 Å². The lowest BCUT2D eigenvalue weighted by Crippen LogP contribution is -2.12. The molecule has 0 unspecified atom stereocenters. The van der Waals surface area contributed by atoms with E-state index in [-0.39, 0.29) is 28.5 Å². The van der Waals surface area contributed by atoms with Gasteiger partial charge in [-0.3, -0.25) is 14.5 Å². The molecular formula is C25H19FN6O2. The zero-order valence-corrected chi connectivity index (χ0v) is 18.4. The van der Waals surface area contributed by atoms with Crippen LogP contribution in [0.5, 0.6) is 5.75 Å². The van der Waals surface area contributed by atoms with Gasteiger partial charge in [0.2, 0.25) is 5.78 Å². The zero-order chi connectivity index (χ0) is 24.0. The van der Waals surface area contributed by atoms with E-state index in [9.17, 15) is 14.4 Å². The third-order valence-electron chi connectivity index (χ3n) is 5.81. The molecule has 4 aromatic rings. The fourth-order valence-electron chi connectivity index (χ4n) is 4.19. The van der Waals surface area contributed by atoms with Crippen molar-refractivity contribution in [3.63, 3.8) is 0 Å². The first-order valence-corrected chi connectivity index (χ1v) is 10.7. The molecule has 2 bridgehead atoms. The molecule has 5 rings (SSSR count). The summed E-state index contributed by atoms with van der Waals surface area (Å²) in [6.07, 6.45) is 2.39. The van der Waals surface area contributed by atoms with E-state index in [1.54, 1.807) is 37.4 Å². The van der Waals surface area contributed by atoms with Gasteiger partial charge in [0.05, 0.1) is 16.8 Å². The fraction of sp³-hybridized carbons (Fsp3) is 0.160. The highest BCUT2D eigenvalue weighted by Crippen LogP contribution is 2.39. The van der Waals surface area contributed by atoms with Gasteiger partial charge in [-0.15, -0.1) is 0 Å². The number of nitrogen functional groups attached to an aromatic ring is 1. The van der Waals surface area contributed by atoms with Crippen LogP contribution in [0.25, 0.3) is 22.4 Å². The summed E-state index contributed by atoms with van der Waals surface area (Å²) in [4.78, 5) is 22.6. The smallest absolute Gasteiger partial charge is 0.216 e. The molecular weight excluding hydrogens is 435 g/mol. The van der Waals surface area contributed by atoms with Crippen LogP contribution in [0.15, 0.2) is 48.8 Å². The van der Waals surface area contributed by atoms with Crippen LogP contribution in [0.3, 0.4) is 0 Å². The van der Waals surface area contributed by atoms with Crippen LogP contribution < -0.4 is 10.5 Å². The summed E-state index contributed by atoms with van der Waals surface area (Å²) < 4.78 is 21.9. The Morgan fingerprint density at radius 1 is 1.21 bits per heavy atom. The minimum absolute atomic E-state index is 0.0856. The number of carbonyl (C=O) groups excluding carboxylic acids is 1. The van der Waals surface area contributed by atoms with Crippen molar-refractivity contribution in [2.24, 2.45) is 0 Å². The van der Waals surface area contributed by atoms with Crippen molar-refractivity contribution >= 4 is 11.6 Å². The number of nitrogens with two attached hydrogens (primary N) is 1. The first-order valence-electron chi connectivity index (χ1n) is 10.7. The SMILES string of the molecule is CCn1nc2c(c1C#N)-c1cnc(N)c(c1)O[C@H](C)c1cc(F)ccc1-c1ncccc1C2=O. The molecule has 2 N–H and O–H groups in total. The molecule has 0 amide bonds. The third kappa shape index (κ3) is 3.28. The number of aromatic nitrogens is 4. The Kier molecular flexibility index (Phi) is 5.06. The van der Waals surface area contributed by atoms with E-state index in [1.165, 1.54) is 23.0 Å². The summed E-state index contributed by atoms with van der Waals surface area (Å²) in [5.74, 6) is -0.496. The van der Waals surface area contributed by atoms with Gasteiger partial charge in [-0.25, -0.2) is 9.37 Å². The number of anilines is 1. The summed E-state index contributed by atoms with van der Waals surface area (Å²) in [6, 6.07) is 11.3. The number of nitrogens with zero attached hydrogens (tertiary/aromatic N) is 5. The first-order chi connectivity index (χ1) is 16.4. The van der Waals surface area contributed by atoms with Crippen LogP contribution in [-0.2, 0) is 6.54 Å². The number of benzene rings is 1. The van der Waals surface area contributed by atoms with E-state index in [4.69, 9.17) is 10.5 Å². The number of ether oxygens (including phenoxy) is 1. The van der Waals surface area contributed by atoms with Gasteiger partial charge >= 0.3 is 0 Å². The van der Waals surface area contributed by atoms with Gasteiger partial charge in [0.1, 0.15) is 29.4 Å². The van der Waals surface area contributed by atoms with E-state index in [2.05, 4.69) is 21.1 Å². The Labute approximate surface area is 194 Å². The molecule has 0 aliphatic carbocycles. The van der Waals surface area contributed by atoms with Gasteiger partial charge in [-0.2, -0.15) is 10.4 Å². The summed E-state index contributed by atoms with van der Waals surface area (Å²) >= 11 is 0. The monoisotopic (exact) mass is 454 g/mol. The maximum Gasteiger partial charge on any atom is 0.216 e. The highest BCUT2D eigenvalue weighted by Gasteiger charge is 2.30. The summed E-state index contributed by atoms with van der Waals surface area (Å²) in [5, 5.41) is 14.4. The number of halogens is 1.